The molecule has 2 aromatic carbocycles. The summed E-state index contributed by atoms with van der Waals surface area (Å²) in [5.41, 5.74) is 2.93. The van der Waals surface area contributed by atoms with Gasteiger partial charge in [-0.2, -0.15) is 0 Å². The smallest absolute Gasteiger partial charge is 0.241 e. The van der Waals surface area contributed by atoms with Crippen LogP contribution in [0.25, 0.3) is 6.08 Å². The molecule has 0 amide bonds. The van der Waals surface area contributed by atoms with Crippen LogP contribution in [0.5, 0.6) is 0 Å². The van der Waals surface area contributed by atoms with E-state index >= 15 is 0 Å². The van der Waals surface area contributed by atoms with E-state index in [1.165, 1.54) is 0 Å². The van der Waals surface area contributed by atoms with Gasteiger partial charge in [0.25, 0.3) is 0 Å². The van der Waals surface area contributed by atoms with Gasteiger partial charge in [0, 0.05) is 7.11 Å². The van der Waals surface area contributed by atoms with Gasteiger partial charge in [0.1, 0.15) is 0 Å². The van der Waals surface area contributed by atoms with Crippen LogP contribution in [0.2, 0.25) is 0 Å². The van der Waals surface area contributed by atoms with Crippen LogP contribution in [0.1, 0.15) is 22.7 Å². The highest BCUT2D eigenvalue weighted by atomic mass is 32.2. The number of methoxy groups -OCH3 is 1. The fourth-order valence-electron chi connectivity index (χ4n) is 2.73. The summed E-state index contributed by atoms with van der Waals surface area (Å²) in [6.07, 6.45) is 3.50. The maximum Gasteiger partial charge on any atom is 0.241 e. The van der Waals surface area contributed by atoms with E-state index in [1.54, 1.807) is 31.4 Å². The van der Waals surface area contributed by atoms with Gasteiger partial charge in [-0.25, -0.2) is 13.1 Å². The van der Waals surface area contributed by atoms with E-state index in [-0.39, 0.29) is 11.0 Å². The Morgan fingerprint density at radius 2 is 1.74 bits per heavy atom. The Bertz CT molecular complexity index is 826. The first-order valence-corrected chi connectivity index (χ1v) is 8.88. The Labute approximate surface area is 136 Å². The second-order valence-corrected chi connectivity index (χ2v) is 7.31. The van der Waals surface area contributed by atoms with Gasteiger partial charge in [0.15, 0.2) is 0 Å². The van der Waals surface area contributed by atoms with Crippen molar-refractivity contribution in [1.29, 1.82) is 0 Å². The van der Waals surface area contributed by atoms with Crippen LogP contribution >= 0.6 is 0 Å². The maximum absolute atomic E-state index is 12.7. The minimum Gasteiger partial charge on any atom is -0.375 e. The lowest BCUT2D eigenvalue weighted by molar-refractivity contribution is 0.112. The number of aryl methyl sites for hydroxylation is 1. The van der Waals surface area contributed by atoms with Crippen molar-refractivity contribution in [3.63, 3.8) is 0 Å². The van der Waals surface area contributed by atoms with E-state index in [0.29, 0.717) is 0 Å². The molecule has 0 heterocycles. The van der Waals surface area contributed by atoms with Crippen LogP contribution in [0.15, 0.2) is 59.5 Å². The first-order valence-electron chi connectivity index (χ1n) is 7.40. The number of sulfonamides is 1. The molecule has 5 heteroatoms. The number of rotatable bonds is 4. The monoisotopic (exact) mass is 329 g/mol. The summed E-state index contributed by atoms with van der Waals surface area (Å²) in [6.45, 7) is 1.92. The molecule has 4 nitrogen and oxygen atoms in total. The number of hydrogen-bond acceptors (Lipinski definition) is 3. The maximum atomic E-state index is 12.7. The average molecular weight is 329 g/mol. The highest BCUT2D eigenvalue weighted by Gasteiger charge is 2.30. The van der Waals surface area contributed by atoms with Gasteiger partial charge >= 0.3 is 0 Å². The van der Waals surface area contributed by atoms with Crippen molar-refractivity contribution >= 4 is 16.1 Å². The summed E-state index contributed by atoms with van der Waals surface area (Å²) < 4.78 is 33.6. The average Bonchev–Trinajstić information content (AvgIpc) is 2.55. The molecule has 0 aromatic heterocycles. The van der Waals surface area contributed by atoms with Crippen molar-refractivity contribution in [1.82, 2.24) is 4.72 Å². The third-order valence-corrected chi connectivity index (χ3v) is 5.47. The lowest BCUT2D eigenvalue weighted by atomic mass is 9.91. The van der Waals surface area contributed by atoms with Crippen molar-refractivity contribution in [2.24, 2.45) is 0 Å². The van der Waals surface area contributed by atoms with E-state index in [9.17, 15) is 8.42 Å². The summed E-state index contributed by atoms with van der Waals surface area (Å²) in [5, 5.41) is 0. The molecule has 0 spiro atoms. The Balaban J connectivity index is 1.96. The Morgan fingerprint density at radius 3 is 2.43 bits per heavy atom. The SMILES string of the molecule is CO[C@H]1C=Cc2ccccc2[C@H]1NS(=O)(=O)c1ccc(C)cc1. The zero-order chi connectivity index (χ0) is 16.4. The summed E-state index contributed by atoms with van der Waals surface area (Å²) in [4.78, 5) is 0.255. The van der Waals surface area contributed by atoms with Gasteiger partial charge < -0.3 is 4.74 Å². The van der Waals surface area contributed by atoms with E-state index in [1.807, 2.05) is 43.3 Å². The Morgan fingerprint density at radius 1 is 1.04 bits per heavy atom. The van der Waals surface area contributed by atoms with Crippen LogP contribution in [-0.2, 0) is 14.8 Å². The highest BCUT2D eigenvalue weighted by molar-refractivity contribution is 7.89. The number of fused-ring (bicyclic) bond motifs is 1. The molecule has 0 radical (unpaired) electrons. The Kier molecular flexibility index (Phi) is 4.35. The molecule has 0 fully saturated rings. The molecular formula is C18H19NO3S. The van der Waals surface area contributed by atoms with Crippen LogP contribution in [0, 0.1) is 6.92 Å². The van der Waals surface area contributed by atoms with E-state index in [2.05, 4.69) is 4.72 Å². The molecule has 0 saturated carbocycles. The molecule has 2 aromatic rings. The van der Waals surface area contributed by atoms with Crippen LogP contribution in [0.4, 0.5) is 0 Å². The van der Waals surface area contributed by atoms with Crippen molar-refractivity contribution < 1.29 is 13.2 Å². The second-order valence-electron chi connectivity index (χ2n) is 5.60. The van der Waals surface area contributed by atoms with Crippen LogP contribution < -0.4 is 4.72 Å². The van der Waals surface area contributed by atoms with E-state index in [0.717, 1.165) is 16.7 Å². The number of ether oxygens (including phenoxy) is 1. The zero-order valence-corrected chi connectivity index (χ0v) is 13.9. The topological polar surface area (TPSA) is 55.4 Å². The van der Waals surface area contributed by atoms with Crippen molar-refractivity contribution in [3.05, 3.63) is 71.3 Å². The summed E-state index contributed by atoms with van der Waals surface area (Å²) in [6, 6.07) is 14.1. The molecule has 0 aliphatic heterocycles. The zero-order valence-electron chi connectivity index (χ0n) is 13.1. The summed E-state index contributed by atoms with van der Waals surface area (Å²) >= 11 is 0. The highest BCUT2D eigenvalue weighted by Crippen LogP contribution is 2.30. The van der Waals surface area contributed by atoms with Gasteiger partial charge in [-0.15, -0.1) is 0 Å². The molecular weight excluding hydrogens is 310 g/mol. The molecule has 1 N–H and O–H groups in total. The molecule has 120 valence electrons. The molecule has 1 aliphatic carbocycles. The summed E-state index contributed by atoms with van der Waals surface area (Å²) in [7, 11) is -2.05. The number of hydrogen-bond donors (Lipinski definition) is 1. The van der Waals surface area contributed by atoms with Gasteiger partial charge in [-0.05, 0) is 30.2 Å². The van der Waals surface area contributed by atoms with Gasteiger partial charge in [-0.1, -0.05) is 54.1 Å². The third kappa shape index (κ3) is 3.22. The molecule has 0 unspecified atom stereocenters. The van der Waals surface area contributed by atoms with Crippen molar-refractivity contribution in [2.75, 3.05) is 7.11 Å². The van der Waals surface area contributed by atoms with Gasteiger partial charge in [0.2, 0.25) is 10.0 Å². The molecule has 0 bridgehead atoms. The van der Waals surface area contributed by atoms with E-state index < -0.39 is 16.1 Å². The van der Waals surface area contributed by atoms with Crippen molar-refractivity contribution in [3.8, 4) is 0 Å². The molecule has 2 atom stereocenters. The first kappa shape index (κ1) is 15.9. The largest absolute Gasteiger partial charge is 0.375 e. The van der Waals surface area contributed by atoms with Gasteiger partial charge in [-0.3, -0.25) is 0 Å². The van der Waals surface area contributed by atoms with Gasteiger partial charge in [0.05, 0.1) is 17.0 Å². The third-order valence-electron chi connectivity index (χ3n) is 4.01. The minimum atomic E-state index is -3.63. The molecule has 1 aliphatic rings. The van der Waals surface area contributed by atoms with E-state index in [4.69, 9.17) is 4.74 Å². The summed E-state index contributed by atoms with van der Waals surface area (Å²) in [5.74, 6) is 0. The van der Waals surface area contributed by atoms with Crippen molar-refractivity contribution in [2.45, 2.75) is 24.0 Å². The fourth-order valence-corrected chi connectivity index (χ4v) is 3.96. The lowest BCUT2D eigenvalue weighted by Gasteiger charge is -2.29. The Hall–Kier alpha value is -1.95. The lowest BCUT2D eigenvalue weighted by Crippen LogP contribution is -2.38. The van der Waals surface area contributed by atoms with Crippen LogP contribution in [-0.4, -0.2) is 21.6 Å². The fraction of sp³-hybridized carbons (Fsp3) is 0.222. The minimum absolute atomic E-state index is 0.255. The molecule has 0 saturated heterocycles. The normalized spacial score (nSPS) is 20.3. The first-order chi connectivity index (χ1) is 11.0. The second kappa shape index (κ2) is 6.28. The number of nitrogens with one attached hydrogen (secondary N) is 1. The number of benzene rings is 2. The quantitative estimate of drug-likeness (QED) is 0.938. The standard InChI is InChI=1S/C18H19NO3S/c1-13-7-10-15(11-8-13)23(20,21)19-18-16-6-4-3-5-14(16)9-12-17(18)22-2/h3-12,17-19H,1-2H3/t17-,18+/m0/s1. The predicted molar refractivity (Wildman–Crippen MR) is 90.5 cm³/mol. The molecule has 23 heavy (non-hydrogen) atoms. The predicted octanol–water partition coefficient (Wildman–Crippen LogP) is 3.06. The molecule has 3 rings (SSSR count). The van der Waals surface area contributed by atoms with Crippen LogP contribution in [0.3, 0.4) is 0 Å².